The van der Waals surface area contributed by atoms with E-state index in [1.54, 1.807) is 23.9 Å². The largest absolute Gasteiger partial charge is 0.381 e. The molecule has 34 heavy (non-hydrogen) atoms. The monoisotopic (exact) mass is 535 g/mol. The molecule has 0 spiro atoms. The first-order chi connectivity index (χ1) is 16.4. The number of rotatable bonds is 9. The van der Waals surface area contributed by atoms with E-state index < -0.39 is 0 Å². The standard InChI is InChI=1S/C24H24Cl3N5OS/c1-14-29-22(28-10-9-17(33-2)11-15-7-5-4-6-8-15)20-23(30-14)32(31-24(20)34-3)21-18(26)12-16(25)13-19(21)27/h4-8,12-13,17H,9-11H2,1-3H3,(H,28,29,30). The fraction of sp³-hybridized carbons (Fsp3) is 0.292. The van der Waals surface area contributed by atoms with E-state index >= 15 is 0 Å². The lowest BCUT2D eigenvalue weighted by molar-refractivity contribution is 0.0985. The summed E-state index contributed by atoms with van der Waals surface area (Å²) in [4.78, 5) is 9.33. The molecular weight excluding hydrogens is 513 g/mol. The van der Waals surface area contributed by atoms with Crippen molar-refractivity contribution in [3.05, 3.63) is 68.9 Å². The van der Waals surface area contributed by atoms with Gasteiger partial charge in [0.15, 0.2) is 5.65 Å². The van der Waals surface area contributed by atoms with Crippen LogP contribution in [-0.2, 0) is 11.2 Å². The molecule has 0 aliphatic rings. The van der Waals surface area contributed by atoms with Gasteiger partial charge < -0.3 is 10.1 Å². The van der Waals surface area contributed by atoms with Gasteiger partial charge in [-0.2, -0.15) is 5.10 Å². The van der Waals surface area contributed by atoms with Crippen molar-refractivity contribution in [1.82, 2.24) is 19.7 Å². The second-order valence-corrected chi connectivity index (χ2v) is 9.77. The van der Waals surface area contributed by atoms with E-state index in [0.29, 0.717) is 44.6 Å². The molecule has 4 rings (SSSR count). The lowest BCUT2D eigenvalue weighted by atomic mass is 10.1. The van der Waals surface area contributed by atoms with Crippen LogP contribution in [0.15, 0.2) is 47.5 Å². The molecule has 10 heteroatoms. The Morgan fingerprint density at radius 1 is 1.09 bits per heavy atom. The SMILES string of the molecule is COC(CCNc1nc(C)nc2c1c(SC)nn2-c1c(Cl)cc(Cl)cc1Cl)Cc1ccccc1. The van der Waals surface area contributed by atoms with Gasteiger partial charge in [0, 0.05) is 18.7 Å². The van der Waals surface area contributed by atoms with Crippen LogP contribution in [0, 0.1) is 6.92 Å². The summed E-state index contributed by atoms with van der Waals surface area (Å²) in [5, 5.41) is 11.0. The molecule has 0 bridgehead atoms. The number of anilines is 1. The van der Waals surface area contributed by atoms with Crippen LogP contribution >= 0.6 is 46.6 Å². The summed E-state index contributed by atoms with van der Waals surface area (Å²) < 4.78 is 7.37. The first-order valence-corrected chi connectivity index (χ1v) is 13.0. The first-order valence-electron chi connectivity index (χ1n) is 10.7. The summed E-state index contributed by atoms with van der Waals surface area (Å²) in [5.41, 5.74) is 2.40. The predicted molar refractivity (Wildman–Crippen MR) is 142 cm³/mol. The van der Waals surface area contributed by atoms with Crippen LogP contribution in [0.5, 0.6) is 0 Å². The highest BCUT2D eigenvalue weighted by molar-refractivity contribution is 7.98. The van der Waals surface area contributed by atoms with Crippen LogP contribution in [0.1, 0.15) is 17.8 Å². The number of ether oxygens (including phenoxy) is 1. The van der Waals surface area contributed by atoms with Crippen LogP contribution < -0.4 is 5.32 Å². The molecule has 6 nitrogen and oxygen atoms in total. The highest BCUT2D eigenvalue weighted by Gasteiger charge is 2.22. The predicted octanol–water partition coefficient (Wildman–Crippen LogP) is 6.87. The van der Waals surface area contributed by atoms with E-state index in [0.717, 1.165) is 23.3 Å². The molecular formula is C24H24Cl3N5OS. The van der Waals surface area contributed by atoms with Crippen LogP contribution in [0.2, 0.25) is 15.1 Å². The Kier molecular flexibility index (Phi) is 8.22. The molecule has 1 N–H and O–H groups in total. The zero-order valence-corrected chi connectivity index (χ0v) is 22.1. The third-order valence-electron chi connectivity index (χ3n) is 5.39. The van der Waals surface area contributed by atoms with Crippen LogP contribution in [0.4, 0.5) is 5.82 Å². The number of fused-ring (bicyclic) bond motifs is 1. The van der Waals surface area contributed by atoms with Gasteiger partial charge in [-0.15, -0.1) is 11.8 Å². The Hall–Kier alpha value is -2.03. The van der Waals surface area contributed by atoms with Crippen molar-refractivity contribution in [2.45, 2.75) is 30.9 Å². The van der Waals surface area contributed by atoms with Crippen molar-refractivity contribution in [3.8, 4) is 5.69 Å². The Bertz CT molecular complexity index is 1280. The fourth-order valence-corrected chi connectivity index (χ4v) is 5.32. The number of aromatic nitrogens is 4. The number of benzene rings is 2. The highest BCUT2D eigenvalue weighted by atomic mass is 35.5. The molecule has 0 fully saturated rings. The van der Waals surface area contributed by atoms with Crippen LogP contribution in [-0.4, -0.2) is 45.8 Å². The number of halogens is 3. The lowest BCUT2D eigenvalue weighted by Gasteiger charge is -2.16. The van der Waals surface area contributed by atoms with Crippen molar-refractivity contribution in [1.29, 1.82) is 0 Å². The van der Waals surface area contributed by atoms with Crippen molar-refractivity contribution in [2.75, 3.05) is 25.2 Å². The Balaban J connectivity index is 1.64. The Morgan fingerprint density at radius 2 is 1.79 bits per heavy atom. The quantitative estimate of drug-likeness (QED) is 0.236. The lowest BCUT2D eigenvalue weighted by Crippen LogP contribution is -2.19. The second kappa shape index (κ2) is 11.1. The van der Waals surface area contributed by atoms with Gasteiger partial charge in [-0.25, -0.2) is 14.6 Å². The molecule has 1 unspecified atom stereocenters. The van der Waals surface area contributed by atoms with Gasteiger partial charge in [-0.1, -0.05) is 65.1 Å². The number of hydrogen-bond donors (Lipinski definition) is 1. The molecule has 178 valence electrons. The van der Waals surface area contributed by atoms with Gasteiger partial charge in [0.2, 0.25) is 0 Å². The van der Waals surface area contributed by atoms with Crippen molar-refractivity contribution >= 4 is 63.4 Å². The Labute approximate surface area is 218 Å². The number of methoxy groups -OCH3 is 1. The normalized spacial score (nSPS) is 12.3. The summed E-state index contributed by atoms with van der Waals surface area (Å²) in [6, 6.07) is 13.6. The molecule has 2 aromatic carbocycles. The minimum atomic E-state index is 0.0859. The molecule has 0 aliphatic carbocycles. The molecule has 0 saturated heterocycles. The van der Waals surface area contributed by atoms with Crippen LogP contribution in [0.3, 0.4) is 0 Å². The number of aryl methyl sites for hydroxylation is 1. The van der Waals surface area contributed by atoms with Crippen molar-refractivity contribution in [2.24, 2.45) is 0 Å². The van der Waals surface area contributed by atoms with E-state index in [-0.39, 0.29) is 6.10 Å². The van der Waals surface area contributed by atoms with E-state index in [4.69, 9.17) is 44.6 Å². The molecule has 4 aromatic rings. The van der Waals surface area contributed by atoms with Crippen molar-refractivity contribution in [3.63, 3.8) is 0 Å². The maximum absolute atomic E-state index is 6.49. The molecule has 2 heterocycles. The second-order valence-electron chi connectivity index (χ2n) is 7.72. The van der Waals surface area contributed by atoms with Crippen LogP contribution in [0.25, 0.3) is 16.7 Å². The van der Waals surface area contributed by atoms with E-state index in [9.17, 15) is 0 Å². The zero-order valence-electron chi connectivity index (χ0n) is 19.0. The first kappa shape index (κ1) is 25.1. The summed E-state index contributed by atoms with van der Waals surface area (Å²) >= 11 is 20.6. The zero-order chi connectivity index (χ0) is 24.2. The highest BCUT2D eigenvalue weighted by Crippen LogP contribution is 2.37. The summed E-state index contributed by atoms with van der Waals surface area (Å²) in [6.07, 6.45) is 3.70. The number of thioether (sulfide) groups is 1. The number of hydrogen-bond acceptors (Lipinski definition) is 6. The van der Waals surface area contributed by atoms with Gasteiger partial charge in [0.1, 0.15) is 22.4 Å². The molecule has 2 aromatic heterocycles. The Morgan fingerprint density at radius 3 is 2.44 bits per heavy atom. The smallest absolute Gasteiger partial charge is 0.170 e. The third-order valence-corrected chi connectivity index (χ3v) is 6.86. The maximum atomic E-state index is 6.49. The van der Waals surface area contributed by atoms with Gasteiger partial charge in [-0.3, -0.25) is 0 Å². The van der Waals surface area contributed by atoms with E-state index in [2.05, 4.69) is 27.4 Å². The average molecular weight is 537 g/mol. The molecule has 1 atom stereocenters. The van der Waals surface area contributed by atoms with Gasteiger partial charge in [0.05, 0.1) is 21.5 Å². The van der Waals surface area contributed by atoms with Gasteiger partial charge >= 0.3 is 0 Å². The fourth-order valence-electron chi connectivity index (χ4n) is 3.79. The topological polar surface area (TPSA) is 64.9 Å². The van der Waals surface area contributed by atoms with Gasteiger partial charge in [0.25, 0.3) is 0 Å². The molecule has 0 radical (unpaired) electrons. The number of nitrogens with zero attached hydrogens (tertiary/aromatic N) is 4. The summed E-state index contributed by atoms with van der Waals surface area (Å²) in [6.45, 7) is 2.53. The maximum Gasteiger partial charge on any atom is 0.170 e. The molecule has 0 saturated carbocycles. The minimum absolute atomic E-state index is 0.0859. The van der Waals surface area contributed by atoms with Gasteiger partial charge in [-0.05, 0) is 43.7 Å². The average Bonchev–Trinajstić information content (AvgIpc) is 3.16. The summed E-state index contributed by atoms with van der Waals surface area (Å²) in [7, 11) is 1.75. The minimum Gasteiger partial charge on any atom is -0.381 e. The van der Waals surface area contributed by atoms with E-state index in [1.807, 2.05) is 31.4 Å². The number of nitrogens with one attached hydrogen (secondary N) is 1. The third kappa shape index (κ3) is 5.44. The van der Waals surface area contributed by atoms with E-state index in [1.165, 1.54) is 17.3 Å². The van der Waals surface area contributed by atoms with Crippen molar-refractivity contribution < 1.29 is 4.74 Å². The molecule has 0 amide bonds. The molecule has 0 aliphatic heterocycles. The summed E-state index contributed by atoms with van der Waals surface area (Å²) in [5.74, 6) is 1.33.